The lowest BCUT2D eigenvalue weighted by molar-refractivity contribution is 0.178. The van der Waals surface area contributed by atoms with Crippen molar-refractivity contribution in [3.05, 3.63) is 0 Å². The van der Waals surface area contributed by atoms with Crippen molar-refractivity contribution in [2.75, 3.05) is 19.6 Å². The van der Waals surface area contributed by atoms with Gasteiger partial charge in [0, 0.05) is 6.54 Å². The smallest absolute Gasteiger partial charge is 0.000966 e. The molecular formula is C16H33N. The van der Waals surface area contributed by atoms with Crippen LogP contribution in [0.25, 0.3) is 0 Å². The molecule has 1 fully saturated rings. The zero-order valence-electron chi connectivity index (χ0n) is 12.5. The highest BCUT2D eigenvalue weighted by Crippen LogP contribution is 2.28. The fourth-order valence-corrected chi connectivity index (χ4v) is 2.93. The molecule has 1 aliphatic rings. The zero-order valence-corrected chi connectivity index (χ0v) is 12.5. The van der Waals surface area contributed by atoms with Gasteiger partial charge in [0.2, 0.25) is 0 Å². The van der Waals surface area contributed by atoms with E-state index in [1.54, 1.807) is 0 Å². The minimum atomic E-state index is 0.848. The lowest BCUT2D eigenvalue weighted by atomic mass is 9.83. The molecule has 0 aromatic heterocycles. The zero-order chi connectivity index (χ0) is 12.7. The van der Waals surface area contributed by atoms with Crippen molar-refractivity contribution in [1.82, 2.24) is 4.90 Å². The highest BCUT2D eigenvalue weighted by molar-refractivity contribution is 4.73. The summed E-state index contributed by atoms with van der Waals surface area (Å²) in [5.41, 5.74) is 0. The lowest BCUT2D eigenvalue weighted by Gasteiger charge is -2.32. The maximum atomic E-state index is 2.72. The molecule has 0 aromatic rings. The Morgan fingerprint density at radius 3 is 2.24 bits per heavy atom. The number of rotatable bonds is 7. The van der Waals surface area contributed by atoms with Crippen LogP contribution in [0, 0.1) is 17.8 Å². The van der Waals surface area contributed by atoms with Crippen molar-refractivity contribution in [3.63, 3.8) is 0 Å². The molecule has 1 heteroatoms. The molecule has 1 rings (SSSR count). The van der Waals surface area contributed by atoms with Crippen LogP contribution >= 0.6 is 0 Å². The van der Waals surface area contributed by atoms with E-state index in [4.69, 9.17) is 0 Å². The van der Waals surface area contributed by atoms with E-state index in [2.05, 4.69) is 32.6 Å². The fraction of sp³-hybridized carbons (Fsp3) is 1.00. The first-order valence-corrected chi connectivity index (χ1v) is 7.84. The van der Waals surface area contributed by atoms with Crippen molar-refractivity contribution in [1.29, 1.82) is 0 Å². The van der Waals surface area contributed by atoms with Gasteiger partial charge in [-0.2, -0.15) is 0 Å². The summed E-state index contributed by atoms with van der Waals surface area (Å²) >= 11 is 0. The van der Waals surface area contributed by atoms with Crippen LogP contribution < -0.4 is 0 Å². The van der Waals surface area contributed by atoms with Crippen molar-refractivity contribution in [2.45, 2.75) is 66.2 Å². The van der Waals surface area contributed by atoms with Crippen LogP contribution in [0.3, 0.4) is 0 Å². The van der Waals surface area contributed by atoms with Gasteiger partial charge in [0.1, 0.15) is 0 Å². The van der Waals surface area contributed by atoms with Crippen LogP contribution in [0.4, 0.5) is 0 Å². The molecule has 102 valence electrons. The first kappa shape index (κ1) is 15.0. The topological polar surface area (TPSA) is 3.24 Å². The second kappa shape index (κ2) is 8.13. The molecule has 0 aliphatic heterocycles. The van der Waals surface area contributed by atoms with Gasteiger partial charge in [-0.3, -0.25) is 0 Å². The van der Waals surface area contributed by atoms with Gasteiger partial charge < -0.3 is 4.90 Å². The van der Waals surface area contributed by atoms with Crippen molar-refractivity contribution < 1.29 is 0 Å². The maximum absolute atomic E-state index is 2.72. The van der Waals surface area contributed by atoms with Crippen LogP contribution in [0.15, 0.2) is 0 Å². The Morgan fingerprint density at radius 2 is 1.71 bits per heavy atom. The monoisotopic (exact) mass is 239 g/mol. The van der Waals surface area contributed by atoms with Crippen LogP contribution in [-0.4, -0.2) is 24.5 Å². The van der Waals surface area contributed by atoms with Crippen LogP contribution in [0.5, 0.6) is 0 Å². The third kappa shape index (κ3) is 6.45. The summed E-state index contributed by atoms with van der Waals surface area (Å²) in [4.78, 5) is 2.72. The van der Waals surface area contributed by atoms with Gasteiger partial charge in [0.05, 0.1) is 0 Å². The highest BCUT2D eigenvalue weighted by Gasteiger charge is 2.20. The molecule has 0 bridgehead atoms. The van der Waals surface area contributed by atoms with Crippen molar-refractivity contribution in [3.8, 4) is 0 Å². The van der Waals surface area contributed by atoms with Crippen molar-refractivity contribution >= 4 is 0 Å². The Bertz CT molecular complexity index is 180. The summed E-state index contributed by atoms with van der Waals surface area (Å²) < 4.78 is 0. The molecule has 0 N–H and O–H groups in total. The van der Waals surface area contributed by atoms with E-state index in [1.807, 2.05) is 0 Å². The van der Waals surface area contributed by atoms with Crippen LogP contribution in [-0.2, 0) is 0 Å². The summed E-state index contributed by atoms with van der Waals surface area (Å²) in [6, 6.07) is 0. The minimum absolute atomic E-state index is 0.848. The molecule has 1 nitrogen and oxygen atoms in total. The third-order valence-electron chi connectivity index (χ3n) is 4.21. The van der Waals surface area contributed by atoms with Gasteiger partial charge in [-0.1, -0.05) is 40.5 Å². The van der Waals surface area contributed by atoms with Gasteiger partial charge in [-0.25, -0.2) is 0 Å². The summed E-state index contributed by atoms with van der Waals surface area (Å²) in [6.45, 7) is 13.4. The molecule has 0 unspecified atom stereocenters. The van der Waals surface area contributed by atoms with E-state index in [0.29, 0.717) is 0 Å². The summed E-state index contributed by atoms with van der Waals surface area (Å²) in [6.07, 6.45) is 8.56. The van der Waals surface area contributed by atoms with E-state index in [9.17, 15) is 0 Å². The summed E-state index contributed by atoms with van der Waals surface area (Å²) in [5, 5.41) is 0. The molecule has 0 atom stereocenters. The third-order valence-corrected chi connectivity index (χ3v) is 4.21. The van der Waals surface area contributed by atoms with E-state index >= 15 is 0 Å². The van der Waals surface area contributed by atoms with Gasteiger partial charge in [-0.15, -0.1) is 0 Å². The Morgan fingerprint density at radius 1 is 1.06 bits per heavy atom. The number of hydrogen-bond donors (Lipinski definition) is 0. The Balaban J connectivity index is 2.27. The highest BCUT2D eigenvalue weighted by atomic mass is 15.1. The average molecular weight is 239 g/mol. The summed E-state index contributed by atoms with van der Waals surface area (Å²) in [7, 11) is 0. The largest absolute Gasteiger partial charge is 0.303 e. The fourth-order valence-electron chi connectivity index (χ4n) is 2.93. The second-order valence-electron chi connectivity index (χ2n) is 6.61. The summed E-state index contributed by atoms with van der Waals surface area (Å²) in [5.74, 6) is 2.83. The maximum Gasteiger partial charge on any atom is 0.000966 e. The van der Waals surface area contributed by atoms with E-state index in [1.165, 1.54) is 58.2 Å². The Labute approximate surface area is 109 Å². The van der Waals surface area contributed by atoms with E-state index < -0.39 is 0 Å². The van der Waals surface area contributed by atoms with Gasteiger partial charge in [0.25, 0.3) is 0 Å². The van der Waals surface area contributed by atoms with Gasteiger partial charge in [-0.05, 0) is 56.5 Å². The predicted octanol–water partition coefficient (Wildman–Crippen LogP) is 4.57. The Kier molecular flexibility index (Phi) is 7.18. The average Bonchev–Trinajstić information content (AvgIpc) is 2.29. The molecule has 1 aliphatic carbocycles. The number of nitrogens with zero attached hydrogens (tertiary/aromatic N) is 1. The molecule has 0 saturated heterocycles. The predicted molar refractivity (Wildman–Crippen MR) is 77.3 cm³/mol. The Hall–Kier alpha value is -0.0400. The molecule has 0 radical (unpaired) electrons. The molecular weight excluding hydrogens is 206 g/mol. The number of hydrogen-bond acceptors (Lipinski definition) is 1. The standard InChI is InChI=1S/C16H33N/c1-5-11-17(12-10-14(2)3)13-16-8-6-15(4)7-9-16/h14-16H,5-13H2,1-4H3. The minimum Gasteiger partial charge on any atom is -0.303 e. The molecule has 1 saturated carbocycles. The van der Waals surface area contributed by atoms with Gasteiger partial charge in [0.15, 0.2) is 0 Å². The van der Waals surface area contributed by atoms with Gasteiger partial charge >= 0.3 is 0 Å². The first-order valence-electron chi connectivity index (χ1n) is 7.84. The molecule has 0 aromatic carbocycles. The normalized spacial score (nSPS) is 25.8. The molecule has 0 heterocycles. The second-order valence-corrected chi connectivity index (χ2v) is 6.61. The van der Waals surface area contributed by atoms with Crippen LogP contribution in [0.1, 0.15) is 66.2 Å². The molecule has 17 heavy (non-hydrogen) atoms. The lowest BCUT2D eigenvalue weighted by Crippen LogP contribution is -2.33. The van der Waals surface area contributed by atoms with Crippen molar-refractivity contribution in [2.24, 2.45) is 17.8 Å². The van der Waals surface area contributed by atoms with E-state index in [0.717, 1.165) is 17.8 Å². The van der Waals surface area contributed by atoms with Crippen LogP contribution in [0.2, 0.25) is 0 Å². The molecule has 0 amide bonds. The first-order chi connectivity index (χ1) is 8.11. The molecule has 0 spiro atoms. The quantitative estimate of drug-likeness (QED) is 0.629. The van der Waals surface area contributed by atoms with E-state index in [-0.39, 0.29) is 0 Å². The SMILES string of the molecule is CCCN(CCC(C)C)CC1CCC(C)CC1.